The third kappa shape index (κ3) is 4.80. The van der Waals surface area contributed by atoms with Crippen LogP contribution >= 0.6 is 7.60 Å². The summed E-state index contributed by atoms with van der Waals surface area (Å²) >= 11 is 0. The Labute approximate surface area is 147 Å². The molecule has 1 aliphatic rings. The highest BCUT2D eigenvalue weighted by atomic mass is 31.2. The molecule has 2 atom stereocenters. The maximum atomic E-state index is 12.9. The number of hydrogen-bond donors (Lipinski definition) is 1. The first kappa shape index (κ1) is 19.9. The van der Waals surface area contributed by atoms with Crippen molar-refractivity contribution in [1.29, 1.82) is 0 Å². The molecule has 2 rings (SSSR count). The fourth-order valence-corrected chi connectivity index (χ4v) is 4.67. The lowest BCUT2D eigenvalue weighted by Crippen LogP contribution is -2.28. The zero-order valence-corrected chi connectivity index (χ0v) is 15.8. The van der Waals surface area contributed by atoms with E-state index in [4.69, 9.17) is 18.6 Å². The number of hydroxylamine groups is 2. The van der Waals surface area contributed by atoms with Gasteiger partial charge in [0.1, 0.15) is 11.5 Å². The predicted octanol–water partition coefficient (Wildman–Crippen LogP) is 2.86. The molecule has 0 saturated carbocycles. The van der Waals surface area contributed by atoms with Gasteiger partial charge in [-0.05, 0) is 26.0 Å². The summed E-state index contributed by atoms with van der Waals surface area (Å²) in [6.07, 6.45) is -0.570. The second kappa shape index (κ2) is 8.78. The highest BCUT2D eigenvalue weighted by molar-refractivity contribution is 7.54. The lowest BCUT2D eigenvalue weighted by Gasteiger charge is -2.25. The van der Waals surface area contributed by atoms with Crippen molar-refractivity contribution in [3.8, 4) is 5.75 Å². The van der Waals surface area contributed by atoms with E-state index in [1.165, 1.54) is 5.06 Å². The van der Waals surface area contributed by atoms with Crippen molar-refractivity contribution in [3.05, 3.63) is 24.3 Å². The largest absolute Gasteiger partial charge is 0.497 e. The Morgan fingerprint density at radius 1 is 1.36 bits per heavy atom. The molecule has 25 heavy (non-hydrogen) atoms. The molecule has 0 aliphatic carbocycles. The lowest BCUT2D eigenvalue weighted by atomic mass is 10.2. The van der Waals surface area contributed by atoms with Crippen LogP contribution in [0.5, 0.6) is 5.75 Å². The number of anilines is 1. The van der Waals surface area contributed by atoms with E-state index in [0.29, 0.717) is 11.4 Å². The molecular formula is C16H25N2O6P. The van der Waals surface area contributed by atoms with Crippen molar-refractivity contribution in [2.45, 2.75) is 32.2 Å². The number of methoxy groups -OCH3 is 1. The third-order valence-electron chi connectivity index (χ3n) is 3.75. The first-order valence-electron chi connectivity index (χ1n) is 8.16. The van der Waals surface area contributed by atoms with Crippen LogP contribution in [0, 0.1) is 0 Å². The number of carbonyl (C=O) groups excluding carboxylic acids is 1. The highest BCUT2D eigenvalue weighted by Gasteiger charge is 2.48. The van der Waals surface area contributed by atoms with Crippen molar-refractivity contribution in [3.63, 3.8) is 0 Å². The first-order chi connectivity index (χ1) is 11.9. The standard InChI is InChI=1S/C16H25N2O6P/c1-5-22-25(20,23-6-2)15-11-14(24-18(15)3)16(19)17-12-8-7-9-13(10-12)21-4/h7-10,14-15H,5-6,11H2,1-4H3,(H,17,19)/t14-,15+/m1/s1. The van der Waals surface area contributed by atoms with Gasteiger partial charge in [0.15, 0.2) is 6.10 Å². The Hall–Kier alpha value is -1.44. The van der Waals surface area contributed by atoms with E-state index in [1.54, 1.807) is 52.3 Å². The molecule has 1 heterocycles. The smallest absolute Gasteiger partial charge is 0.350 e. The number of benzene rings is 1. The summed E-state index contributed by atoms with van der Waals surface area (Å²) in [7, 11) is -0.220. The summed E-state index contributed by atoms with van der Waals surface area (Å²) in [6, 6.07) is 7.02. The van der Waals surface area contributed by atoms with Gasteiger partial charge in [0, 0.05) is 25.2 Å². The van der Waals surface area contributed by atoms with Crippen molar-refractivity contribution < 1.29 is 28.0 Å². The molecule has 1 aliphatic heterocycles. The van der Waals surface area contributed by atoms with Gasteiger partial charge in [0.2, 0.25) is 0 Å². The zero-order chi connectivity index (χ0) is 18.4. The van der Waals surface area contributed by atoms with E-state index < -0.39 is 19.5 Å². The van der Waals surface area contributed by atoms with Gasteiger partial charge in [-0.25, -0.2) is 0 Å². The zero-order valence-electron chi connectivity index (χ0n) is 14.9. The monoisotopic (exact) mass is 372 g/mol. The summed E-state index contributed by atoms with van der Waals surface area (Å²) in [6.45, 7) is 3.99. The molecule has 8 nitrogen and oxygen atoms in total. The molecular weight excluding hydrogens is 347 g/mol. The van der Waals surface area contributed by atoms with Gasteiger partial charge in [0.05, 0.1) is 20.3 Å². The van der Waals surface area contributed by atoms with E-state index in [1.807, 2.05) is 0 Å². The van der Waals surface area contributed by atoms with Crippen molar-refractivity contribution >= 4 is 19.2 Å². The van der Waals surface area contributed by atoms with Crippen LogP contribution in [-0.4, -0.2) is 50.2 Å². The molecule has 0 radical (unpaired) electrons. The minimum Gasteiger partial charge on any atom is -0.497 e. The number of nitrogens with one attached hydrogen (secondary N) is 1. The van der Waals surface area contributed by atoms with Gasteiger partial charge in [-0.15, -0.1) is 0 Å². The number of hydrogen-bond acceptors (Lipinski definition) is 7. The number of ether oxygens (including phenoxy) is 1. The minimum absolute atomic E-state index is 0.212. The third-order valence-corrected chi connectivity index (χ3v) is 6.25. The number of amides is 1. The molecule has 1 saturated heterocycles. The number of rotatable bonds is 8. The van der Waals surface area contributed by atoms with Crippen LogP contribution in [-0.2, 0) is 23.2 Å². The normalized spacial score (nSPS) is 21.3. The highest BCUT2D eigenvalue weighted by Crippen LogP contribution is 2.57. The van der Waals surface area contributed by atoms with Crippen LogP contribution in [0.2, 0.25) is 0 Å². The molecule has 0 bridgehead atoms. The molecule has 0 aromatic heterocycles. The second-order valence-corrected chi connectivity index (χ2v) is 7.65. The van der Waals surface area contributed by atoms with Crippen LogP contribution in [0.1, 0.15) is 20.3 Å². The van der Waals surface area contributed by atoms with E-state index in [-0.39, 0.29) is 25.5 Å². The maximum absolute atomic E-state index is 12.9. The Bertz CT molecular complexity index is 631. The predicted molar refractivity (Wildman–Crippen MR) is 93.5 cm³/mol. The van der Waals surface area contributed by atoms with E-state index in [9.17, 15) is 9.36 Å². The van der Waals surface area contributed by atoms with Gasteiger partial charge < -0.3 is 19.1 Å². The summed E-state index contributed by atoms with van der Waals surface area (Å²) in [5.41, 5.74) is 0.594. The van der Waals surface area contributed by atoms with Crippen LogP contribution in [0.15, 0.2) is 24.3 Å². The van der Waals surface area contributed by atoms with E-state index >= 15 is 0 Å². The fourth-order valence-electron chi connectivity index (χ4n) is 2.63. The molecule has 0 spiro atoms. The average Bonchev–Trinajstić information content (AvgIpc) is 2.98. The molecule has 1 N–H and O–H groups in total. The fraction of sp³-hybridized carbons (Fsp3) is 0.562. The molecule has 1 aromatic carbocycles. The van der Waals surface area contributed by atoms with Gasteiger partial charge in [-0.3, -0.25) is 14.2 Å². The molecule has 1 aromatic rings. The summed E-state index contributed by atoms with van der Waals surface area (Å²) in [5.74, 6) is -0.326. The van der Waals surface area contributed by atoms with Gasteiger partial charge in [-0.2, -0.15) is 5.06 Å². The minimum atomic E-state index is -3.39. The number of nitrogens with zero attached hydrogens (tertiary/aromatic N) is 1. The Morgan fingerprint density at radius 3 is 2.64 bits per heavy atom. The van der Waals surface area contributed by atoms with E-state index in [0.717, 1.165) is 0 Å². The quantitative estimate of drug-likeness (QED) is 0.702. The molecule has 9 heteroatoms. The Kier molecular flexibility index (Phi) is 6.98. The van der Waals surface area contributed by atoms with Crippen LogP contribution in [0.4, 0.5) is 5.69 Å². The Morgan fingerprint density at radius 2 is 2.04 bits per heavy atom. The van der Waals surface area contributed by atoms with Gasteiger partial charge in [-0.1, -0.05) is 6.07 Å². The summed E-state index contributed by atoms with van der Waals surface area (Å²) in [5, 5.41) is 4.16. The summed E-state index contributed by atoms with van der Waals surface area (Å²) < 4.78 is 28.8. The van der Waals surface area contributed by atoms with Crippen molar-refractivity contribution in [1.82, 2.24) is 5.06 Å². The average molecular weight is 372 g/mol. The van der Waals surface area contributed by atoms with Crippen LogP contribution in [0.25, 0.3) is 0 Å². The number of carbonyl (C=O) groups is 1. The van der Waals surface area contributed by atoms with Crippen molar-refractivity contribution in [2.24, 2.45) is 0 Å². The second-order valence-electron chi connectivity index (χ2n) is 5.45. The summed E-state index contributed by atoms with van der Waals surface area (Å²) in [4.78, 5) is 18.0. The molecule has 140 valence electrons. The van der Waals surface area contributed by atoms with Crippen LogP contribution in [0.3, 0.4) is 0 Å². The molecule has 0 unspecified atom stereocenters. The first-order valence-corrected chi connectivity index (χ1v) is 9.78. The van der Waals surface area contributed by atoms with E-state index in [2.05, 4.69) is 5.32 Å². The van der Waals surface area contributed by atoms with Gasteiger partial charge >= 0.3 is 7.60 Å². The Balaban J connectivity index is 2.06. The van der Waals surface area contributed by atoms with Gasteiger partial charge in [0.25, 0.3) is 5.91 Å². The van der Waals surface area contributed by atoms with Crippen molar-refractivity contribution in [2.75, 3.05) is 32.7 Å². The topological polar surface area (TPSA) is 86.3 Å². The molecule has 1 amide bonds. The van der Waals surface area contributed by atoms with Crippen LogP contribution < -0.4 is 10.1 Å². The lowest BCUT2D eigenvalue weighted by molar-refractivity contribution is -0.155. The molecule has 1 fully saturated rings. The SMILES string of the molecule is CCOP(=O)(OCC)[C@H]1C[C@H](C(=O)Nc2cccc(OC)c2)ON1C. The maximum Gasteiger partial charge on any atom is 0.350 e.